The third kappa shape index (κ3) is 3.66. The number of carbonyl (C=O) groups is 2. The van der Waals surface area contributed by atoms with Gasteiger partial charge in [0.1, 0.15) is 11.1 Å². The van der Waals surface area contributed by atoms with E-state index in [0.29, 0.717) is 37.6 Å². The largest absolute Gasteiger partial charge is 0.365 e. The van der Waals surface area contributed by atoms with Crippen LogP contribution in [0.15, 0.2) is 18.3 Å². The van der Waals surface area contributed by atoms with Crippen LogP contribution in [-0.2, 0) is 14.6 Å². The topological polar surface area (TPSA) is 114 Å². The number of piperazine rings is 1. The summed E-state index contributed by atoms with van der Waals surface area (Å²) in [5, 5.41) is -1.04. The Morgan fingerprint density at radius 1 is 1.29 bits per heavy atom. The molecule has 0 radical (unpaired) electrons. The molecule has 1 aliphatic rings. The number of anilines is 1. The van der Waals surface area contributed by atoms with E-state index in [-0.39, 0.29) is 11.7 Å². The number of rotatable bonds is 5. The average Bonchev–Trinajstić information content (AvgIpc) is 2.60. The van der Waals surface area contributed by atoms with Crippen LogP contribution in [0.3, 0.4) is 0 Å². The SMILES string of the molecule is CCS(=O)(=O)[C@H](C)C(=O)N1CCN(c2ncccc2C(N)=O)CC1. The molecule has 0 spiro atoms. The van der Waals surface area contributed by atoms with Gasteiger partial charge in [0.15, 0.2) is 9.84 Å². The number of amides is 2. The van der Waals surface area contributed by atoms with Gasteiger partial charge in [0.2, 0.25) is 5.91 Å². The molecular weight excluding hydrogens is 332 g/mol. The maximum atomic E-state index is 12.4. The number of nitrogens with two attached hydrogens (primary N) is 1. The van der Waals surface area contributed by atoms with Crippen molar-refractivity contribution in [1.29, 1.82) is 0 Å². The highest BCUT2D eigenvalue weighted by Gasteiger charge is 2.32. The third-order valence-electron chi connectivity index (χ3n) is 4.23. The predicted octanol–water partition coefficient (Wildman–Crippen LogP) is -0.348. The zero-order chi connectivity index (χ0) is 17.9. The van der Waals surface area contributed by atoms with Crippen molar-refractivity contribution in [2.45, 2.75) is 19.1 Å². The minimum absolute atomic E-state index is 0.0597. The summed E-state index contributed by atoms with van der Waals surface area (Å²) in [5.74, 6) is -0.506. The molecule has 1 aliphatic heterocycles. The van der Waals surface area contributed by atoms with E-state index in [4.69, 9.17) is 5.73 Å². The van der Waals surface area contributed by atoms with Gasteiger partial charge >= 0.3 is 0 Å². The Hall–Kier alpha value is -2.16. The van der Waals surface area contributed by atoms with Gasteiger partial charge in [-0.3, -0.25) is 9.59 Å². The van der Waals surface area contributed by atoms with Crippen molar-refractivity contribution in [3.8, 4) is 0 Å². The van der Waals surface area contributed by atoms with Gasteiger partial charge in [0, 0.05) is 38.1 Å². The lowest BCUT2D eigenvalue weighted by Gasteiger charge is -2.36. The van der Waals surface area contributed by atoms with Gasteiger partial charge in [-0.25, -0.2) is 13.4 Å². The standard InChI is InChI=1S/C15H22N4O4S/c1-3-24(22,23)11(2)15(21)19-9-7-18(8-10-19)14-12(13(16)20)5-4-6-17-14/h4-6,11H,3,7-10H2,1-2H3,(H2,16,20)/t11-/m1/s1. The number of carbonyl (C=O) groups excluding carboxylic acids is 2. The molecule has 2 heterocycles. The number of nitrogens with zero attached hydrogens (tertiary/aromatic N) is 3. The Kier molecular flexibility index (Phi) is 5.43. The second-order valence-corrected chi connectivity index (χ2v) is 8.26. The van der Waals surface area contributed by atoms with Crippen molar-refractivity contribution >= 4 is 27.5 Å². The Balaban J connectivity index is 2.07. The molecule has 0 aromatic carbocycles. The van der Waals surface area contributed by atoms with Crippen molar-refractivity contribution < 1.29 is 18.0 Å². The summed E-state index contributed by atoms with van der Waals surface area (Å²) in [6.45, 7) is 4.62. The molecule has 24 heavy (non-hydrogen) atoms. The van der Waals surface area contributed by atoms with Gasteiger partial charge in [0.25, 0.3) is 5.91 Å². The maximum Gasteiger partial charge on any atom is 0.252 e. The Morgan fingerprint density at radius 2 is 1.92 bits per heavy atom. The van der Waals surface area contributed by atoms with Crippen LogP contribution in [0.4, 0.5) is 5.82 Å². The molecular formula is C15H22N4O4S. The molecule has 1 atom stereocenters. The van der Waals surface area contributed by atoms with Gasteiger partial charge in [-0.1, -0.05) is 6.92 Å². The molecule has 1 fully saturated rings. The van der Waals surface area contributed by atoms with E-state index in [0.717, 1.165) is 0 Å². The molecule has 0 unspecified atom stereocenters. The summed E-state index contributed by atoms with van der Waals surface area (Å²) >= 11 is 0. The van der Waals surface area contributed by atoms with E-state index in [2.05, 4.69) is 4.98 Å². The monoisotopic (exact) mass is 354 g/mol. The van der Waals surface area contributed by atoms with Crippen molar-refractivity contribution in [2.24, 2.45) is 5.73 Å². The molecule has 0 aliphatic carbocycles. The van der Waals surface area contributed by atoms with Crippen LogP contribution in [-0.4, -0.2) is 67.3 Å². The third-order valence-corrected chi connectivity index (χ3v) is 6.32. The number of hydrogen-bond acceptors (Lipinski definition) is 6. The van der Waals surface area contributed by atoms with Crippen LogP contribution >= 0.6 is 0 Å². The van der Waals surface area contributed by atoms with Crippen molar-refractivity contribution in [1.82, 2.24) is 9.88 Å². The molecule has 9 heteroatoms. The second-order valence-electron chi connectivity index (χ2n) is 5.64. The normalized spacial score (nSPS) is 16.8. The van der Waals surface area contributed by atoms with E-state index in [1.807, 2.05) is 4.90 Å². The lowest BCUT2D eigenvalue weighted by atomic mass is 10.2. The summed E-state index contributed by atoms with van der Waals surface area (Å²) < 4.78 is 23.7. The molecule has 0 saturated carbocycles. The highest BCUT2D eigenvalue weighted by molar-refractivity contribution is 7.92. The highest BCUT2D eigenvalue weighted by atomic mass is 32.2. The lowest BCUT2D eigenvalue weighted by Crippen LogP contribution is -2.52. The van der Waals surface area contributed by atoms with Crippen LogP contribution in [0.25, 0.3) is 0 Å². The summed E-state index contributed by atoms with van der Waals surface area (Å²) in [6.07, 6.45) is 1.58. The first kappa shape index (κ1) is 18.2. The summed E-state index contributed by atoms with van der Waals surface area (Å²) in [6, 6.07) is 3.25. The van der Waals surface area contributed by atoms with Gasteiger partial charge < -0.3 is 15.5 Å². The quantitative estimate of drug-likeness (QED) is 0.773. The van der Waals surface area contributed by atoms with E-state index in [1.54, 1.807) is 23.2 Å². The number of hydrogen-bond donors (Lipinski definition) is 1. The average molecular weight is 354 g/mol. The van der Waals surface area contributed by atoms with Crippen molar-refractivity contribution in [3.63, 3.8) is 0 Å². The molecule has 2 rings (SSSR count). The molecule has 1 saturated heterocycles. The van der Waals surface area contributed by atoms with E-state index in [9.17, 15) is 18.0 Å². The number of sulfone groups is 1. The number of aromatic nitrogens is 1. The summed E-state index contributed by atoms with van der Waals surface area (Å²) in [4.78, 5) is 31.5. The zero-order valence-electron chi connectivity index (χ0n) is 13.8. The van der Waals surface area contributed by atoms with Crippen LogP contribution in [0, 0.1) is 0 Å². The lowest BCUT2D eigenvalue weighted by molar-refractivity contribution is -0.130. The molecule has 2 amide bonds. The molecule has 1 aromatic rings. The van der Waals surface area contributed by atoms with Crippen LogP contribution in [0.5, 0.6) is 0 Å². The highest BCUT2D eigenvalue weighted by Crippen LogP contribution is 2.19. The first-order valence-electron chi connectivity index (χ1n) is 7.78. The number of pyridine rings is 1. The predicted molar refractivity (Wildman–Crippen MR) is 90.5 cm³/mol. The summed E-state index contributed by atoms with van der Waals surface area (Å²) in [7, 11) is -3.41. The fraction of sp³-hybridized carbons (Fsp3) is 0.533. The molecule has 2 N–H and O–H groups in total. The Morgan fingerprint density at radius 3 is 2.46 bits per heavy atom. The fourth-order valence-electron chi connectivity index (χ4n) is 2.64. The minimum atomic E-state index is -3.41. The Labute approximate surface area is 141 Å². The molecule has 1 aromatic heterocycles. The maximum absolute atomic E-state index is 12.4. The smallest absolute Gasteiger partial charge is 0.252 e. The fourth-order valence-corrected chi connectivity index (χ4v) is 3.60. The number of primary amides is 1. The van der Waals surface area contributed by atoms with Gasteiger partial charge in [-0.05, 0) is 19.1 Å². The van der Waals surface area contributed by atoms with Gasteiger partial charge in [0.05, 0.1) is 5.56 Å². The Bertz CT molecular complexity index is 727. The molecule has 0 bridgehead atoms. The van der Waals surface area contributed by atoms with E-state index < -0.39 is 21.0 Å². The minimum Gasteiger partial charge on any atom is -0.365 e. The molecule has 8 nitrogen and oxygen atoms in total. The van der Waals surface area contributed by atoms with Crippen LogP contribution in [0.1, 0.15) is 24.2 Å². The van der Waals surface area contributed by atoms with Crippen LogP contribution < -0.4 is 10.6 Å². The molecule has 132 valence electrons. The summed E-state index contributed by atoms with van der Waals surface area (Å²) in [5.41, 5.74) is 5.70. The van der Waals surface area contributed by atoms with Crippen molar-refractivity contribution in [2.75, 3.05) is 36.8 Å². The van der Waals surface area contributed by atoms with Gasteiger partial charge in [-0.2, -0.15) is 0 Å². The first-order valence-corrected chi connectivity index (χ1v) is 9.49. The first-order chi connectivity index (χ1) is 11.3. The van der Waals surface area contributed by atoms with Gasteiger partial charge in [-0.15, -0.1) is 0 Å². The van der Waals surface area contributed by atoms with E-state index >= 15 is 0 Å². The second kappa shape index (κ2) is 7.16. The van der Waals surface area contributed by atoms with Crippen LogP contribution in [0.2, 0.25) is 0 Å². The van der Waals surface area contributed by atoms with Crippen molar-refractivity contribution in [3.05, 3.63) is 23.9 Å². The zero-order valence-corrected chi connectivity index (χ0v) is 14.6. The van der Waals surface area contributed by atoms with E-state index in [1.165, 1.54) is 13.8 Å².